The average molecular weight is 552 g/mol. The predicted octanol–water partition coefficient (Wildman–Crippen LogP) is 7.23. The molecule has 8 nitrogen and oxygen atoms in total. The van der Waals surface area contributed by atoms with Crippen LogP contribution in [-0.2, 0) is 9.53 Å². The molecule has 0 heterocycles. The Morgan fingerprint density at radius 3 is 2.29 bits per heavy atom. The van der Waals surface area contributed by atoms with Crippen LogP contribution in [0.1, 0.15) is 48.7 Å². The molecule has 4 rings (SSSR count). The van der Waals surface area contributed by atoms with Crippen molar-refractivity contribution in [3.63, 3.8) is 0 Å². The molecule has 0 saturated carbocycles. The van der Waals surface area contributed by atoms with Crippen molar-refractivity contribution in [1.82, 2.24) is 0 Å². The van der Waals surface area contributed by atoms with Gasteiger partial charge < -0.3 is 20.9 Å². The summed E-state index contributed by atoms with van der Waals surface area (Å²) in [7, 11) is 0. The van der Waals surface area contributed by atoms with E-state index in [1.165, 1.54) is 13.0 Å². The number of nitrogens with two attached hydrogens (primary N) is 1. The lowest BCUT2D eigenvalue weighted by Crippen LogP contribution is -2.22. The Morgan fingerprint density at radius 1 is 0.902 bits per heavy atom. The highest BCUT2D eigenvalue weighted by molar-refractivity contribution is 6.01. The lowest BCUT2D eigenvalue weighted by molar-refractivity contribution is -0.111. The van der Waals surface area contributed by atoms with Crippen LogP contribution in [0.2, 0.25) is 0 Å². The van der Waals surface area contributed by atoms with Gasteiger partial charge in [0.2, 0.25) is 5.91 Å². The van der Waals surface area contributed by atoms with Gasteiger partial charge in [-0.3, -0.25) is 14.9 Å². The molecule has 41 heavy (non-hydrogen) atoms. The van der Waals surface area contributed by atoms with Crippen LogP contribution in [0.3, 0.4) is 0 Å². The first-order chi connectivity index (χ1) is 19.7. The van der Waals surface area contributed by atoms with Crippen LogP contribution in [-0.4, -0.2) is 22.9 Å². The molecule has 0 aliphatic rings. The number of phenols is 1. The van der Waals surface area contributed by atoms with Crippen LogP contribution in [0, 0.1) is 5.92 Å². The molecular weight excluding hydrogens is 518 g/mol. The number of carbonyl (C=O) groups excluding carboxylic acids is 3. The smallest absolute Gasteiger partial charge is 0.412 e. The number of hydrogen-bond donors (Lipinski definition) is 4. The maximum Gasteiger partial charge on any atom is 0.412 e. The molecule has 0 aromatic heterocycles. The van der Waals surface area contributed by atoms with E-state index in [2.05, 4.69) is 10.6 Å². The van der Waals surface area contributed by atoms with Gasteiger partial charge in [-0.1, -0.05) is 55.5 Å². The van der Waals surface area contributed by atoms with Crippen LogP contribution < -0.4 is 16.4 Å². The Labute approximate surface area is 238 Å². The Kier molecular flexibility index (Phi) is 9.37. The molecule has 0 spiro atoms. The predicted molar refractivity (Wildman–Crippen MR) is 162 cm³/mol. The first kappa shape index (κ1) is 28.9. The van der Waals surface area contributed by atoms with Gasteiger partial charge in [0.15, 0.2) is 5.78 Å². The van der Waals surface area contributed by atoms with Gasteiger partial charge >= 0.3 is 6.09 Å². The number of amides is 2. The summed E-state index contributed by atoms with van der Waals surface area (Å²) in [5.74, 6) is -0.365. The van der Waals surface area contributed by atoms with E-state index in [0.29, 0.717) is 40.9 Å². The van der Waals surface area contributed by atoms with Crippen molar-refractivity contribution in [1.29, 1.82) is 0 Å². The molecule has 5 N–H and O–H groups in total. The van der Waals surface area contributed by atoms with Crippen LogP contribution in [0.4, 0.5) is 21.9 Å². The number of para-hydroxylation sites is 2. The summed E-state index contributed by atoms with van der Waals surface area (Å²) in [5, 5.41) is 17.3. The van der Waals surface area contributed by atoms with Crippen molar-refractivity contribution in [2.45, 2.75) is 32.8 Å². The lowest BCUT2D eigenvalue weighted by Gasteiger charge is -2.26. The fourth-order valence-corrected chi connectivity index (χ4v) is 4.58. The summed E-state index contributed by atoms with van der Waals surface area (Å²) >= 11 is 0. The molecular formula is C33H33N3O5. The van der Waals surface area contributed by atoms with Crippen molar-refractivity contribution in [2.75, 3.05) is 16.4 Å². The van der Waals surface area contributed by atoms with E-state index in [4.69, 9.17) is 10.5 Å². The normalized spacial score (nSPS) is 12.5. The van der Waals surface area contributed by atoms with Gasteiger partial charge in [0.1, 0.15) is 11.9 Å². The number of nitrogen functional groups attached to an aromatic ring is 1. The number of anilines is 3. The topological polar surface area (TPSA) is 131 Å². The van der Waals surface area contributed by atoms with E-state index in [0.717, 1.165) is 10.9 Å². The highest BCUT2D eigenvalue weighted by Crippen LogP contribution is 2.37. The lowest BCUT2D eigenvalue weighted by atomic mass is 9.89. The van der Waals surface area contributed by atoms with Gasteiger partial charge in [0, 0.05) is 22.2 Å². The van der Waals surface area contributed by atoms with Gasteiger partial charge in [-0.2, -0.15) is 0 Å². The Balaban J connectivity index is 1.49. The second-order valence-electron chi connectivity index (χ2n) is 9.84. The Bertz CT molecular complexity index is 1580. The molecule has 0 fully saturated rings. The average Bonchev–Trinajstić information content (AvgIpc) is 2.96. The first-order valence-electron chi connectivity index (χ1n) is 13.3. The summed E-state index contributed by atoms with van der Waals surface area (Å²) in [6.45, 7) is 3.45. The number of hydrogen-bond acceptors (Lipinski definition) is 6. The fourth-order valence-electron chi connectivity index (χ4n) is 4.58. The maximum atomic E-state index is 13.0. The number of ketones is 1. The zero-order valence-corrected chi connectivity index (χ0v) is 23.0. The van der Waals surface area contributed by atoms with E-state index < -0.39 is 12.2 Å². The number of carbonyl (C=O) groups is 3. The van der Waals surface area contributed by atoms with Gasteiger partial charge in [0.05, 0.1) is 11.4 Å². The minimum absolute atomic E-state index is 0.0667. The molecule has 0 aliphatic heterocycles. The summed E-state index contributed by atoms with van der Waals surface area (Å²) in [6, 6.07) is 24.4. The zero-order chi connectivity index (χ0) is 29.4. The number of phenolic OH excluding ortho intramolecular Hbond substituents is 1. The molecule has 2 atom stereocenters. The van der Waals surface area contributed by atoms with Crippen molar-refractivity contribution < 1.29 is 24.2 Å². The van der Waals surface area contributed by atoms with Crippen molar-refractivity contribution in [2.24, 2.45) is 5.92 Å². The minimum Gasteiger partial charge on any atom is -0.507 e. The Hall–Kier alpha value is -5.11. The highest BCUT2D eigenvalue weighted by atomic mass is 16.6. The number of fused-ring (bicyclic) bond motifs is 1. The van der Waals surface area contributed by atoms with Crippen molar-refractivity contribution >= 4 is 45.6 Å². The number of benzene rings is 4. The molecule has 4 aromatic carbocycles. The van der Waals surface area contributed by atoms with Gasteiger partial charge in [-0.15, -0.1) is 0 Å². The maximum absolute atomic E-state index is 13.0. The Morgan fingerprint density at radius 2 is 1.59 bits per heavy atom. The fraction of sp³-hybridized carbons (Fsp3) is 0.182. The molecule has 0 radical (unpaired) electrons. The molecule has 0 unspecified atom stereocenters. The summed E-state index contributed by atoms with van der Waals surface area (Å²) in [5.41, 5.74) is 8.72. The highest BCUT2D eigenvalue weighted by Gasteiger charge is 2.26. The molecule has 8 heteroatoms. The van der Waals surface area contributed by atoms with Crippen molar-refractivity contribution in [3.05, 3.63) is 108 Å². The molecule has 0 saturated heterocycles. The first-order valence-corrected chi connectivity index (χ1v) is 13.3. The number of nitrogens with one attached hydrogen (secondary N) is 2. The third kappa shape index (κ3) is 7.51. The van der Waals surface area contributed by atoms with E-state index >= 15 is 0 Å². The van der Waals surface area contributed by atoms with E-state index in [1.807, 2.05) is 31.2 Å². The second-order valence-corrected chi connectivity index (χ2v) is 9.84. The number of aromatic hydroxyl groups is 1. The summed E-state index contributed by atoms with van der Waals surface area (Å²) < 4.78 is 5.98. The van der Waals surface area contributed by atoms with Crippen molar-refractivity contribution in [3.8, 4) is 5.75 Å². The second kappa shape index (κ2) is 13.3. The van der Waals surface area contributed by atoms with Gasteiger partial charge in [-0.25, -0.2) is 4.79 Å². The molecule has 210 valence electrons. The largest absolute Gasteiger partial charge is 0.507 e. The number of rotatable bonds is 10. The monoisotopic (exact) mass is 551 g/mol. The van der Waals surface area contributed by atoms with E-state index in [9.17, 15) is 19.5 Å². The summed E-state index contributed by atoms with van der Waals surface area (Å²) in [6.07, 6.45) is 3.10. The van der Waals surface area contributed by atoms with Crippen LogP contribution in [0.5, 0.6) is 5.75 Å². The quantitative estimate of drug-likeness (QED) is 0.0934. The van der Waals surface area contributed by atoms with E-state index in [-0.39, 0.29) is 23.4 Å². The van der Waals surface area contributed by atoms with Gasteiger partial charge in [-0.05, 0) is 79.6 Å². The van der Waals surface area contributed by atoms with Gasteiger partial charge in [0.25, 0.3) is 0 Å². The third-order valence-corrected chi connectivity index (χ3v) is 6.81. The summed E-state index contributed by atoms with van der Waals surface area (Å²) in [4.78, 5) is 36.9. The number of allylic oxidation sites excluding steroid dienone is 1. The number of Topliss-reactive ketones (excluding diaryl/α,β-unsaturated/α-hetero) is 1. The van der Waals surface area contributed by atoms with Crippen LogP contribution in [0.25, 0.3) is 10.8 Å². The zero-order valence-electron chi connectivity index (χ0n) is 23.0. The van der Waals surface area contributed by atoms with Crippen LogP contribution >= 0.6 is 0 Å². The minimum atomic E-state index is -0.650. The van der Waals surface area contributed by atoms with E-state index in [1.54, 1.807) is 66.7 Å². The molecule has 0 aliphatic carbocycles. The molecule has 2 amide bonds. The standard InChI is InChI=1S/C33H33N3O5/c1-21(9-3-8-14-31(39)36-29-13-7-6-12-28(29)34)32(27-19-20-30(38)26-11-5-4-10-25(26)27)41-33(40)35-24-17-15-23(16-18-24)22(2)37/h4-8,10-21,32,38H,3,9,34H2,1-2H3,(H,35,40)(H,36,39)/b14-8+/t21-,32+/m1/s1. The third-order valence-electron chi connectivity index (χ3n) is 6.81. The molecule has 4 aromatic rings. The SMILES string of the molecule is CC(=O)c1ccc(NC(=O)O[C@H](c2ccc(O)c3ccccc23)[C@H](C)CC/C=C/C(=O)Nc2ccccc2N)cc1. The van der Waals surface area contributed by atoms with Crippen LogP contribution in [0.15, 0.2) is 97.1 Å². The number of ether oxygens (including phenoxy) is 1. The molecule has 0 bridgehead atoms.